The molecule has 0 saturated heterocycles. The fourth-order valence-corrected chi connectivity index (χ4v) is 2.54. The highest BCUT2D eigenvalue weighted by Gasteiger charge is 2.42. The molecule has 3 rings (SSSR count). The summed E-state index contributed by atoms with van der Waals surface area (Å²) in [6.45, 7) is 8.95. The van der Waals surface area contributed by atoms with Crippen molar-refractivity contribution < 1.29 is 19.7 Å². The van der Waals surface area contributed by atoms with Crippen molar-refractivity contribution in [2.75, 3.05) is 0 Å². The topological polar surface area (TPSA) is 66.8 Å². The molecule has 1 aliphatic heterocycles. The maximum Gasteiger partial charge on any atom is 0.209 e. The van der Waals surface area contributed by atoms with Gasteiger partial charge >= 0.3 is 0 Å². The average Bonchev–Trinajstić information content (AvgIpc) is 2.75. The highest BCUT2D eigenvalue weighted by molar-refractivity contribution is 6.09. The molecule has 0 aliphatic carbocycles. The predicted molar refractivity (Wildman–Crippen MR) is 89.5 cm³/mol. The predicted octanol–water partition coefficient (Wildman–Crippen LogP) is 4.06. The average molecular weight is 314 g/mol. The van der Waals surface area contributed by atoms with Gasteiger partial charge in [-0.25, -0.2) is 0 Å². The molecule has 2 aromatic rings. The summed E-state index contributed by atoms with van der Waals surface area (Å²) in [5.41, 5.74) is 1.95. The van der Waals surface area contributed by atoms with Crippen molar-refractivity contribution in [3.05, 3.63) is 52.6 Å². The number of hydrogen-bond donors (Lipinski definition) is 2. The van der Waals surface area contributed by atoms with Crippen molar-refractivity contribution in [1.29, 1.82) is 0 Å². The Bertz CT molecular complexity index is 746. The number of carbonyl (C=O) groups is 1. The molecule has 4 heteroatoms. The maximum atomic E-state index is 12.1. The Hall–Kier alpha value is -2.49. The quantitative estimate of drug-likeness (QED) is 0.769. The van der Waals surface area contributed by atoms with E-state index >= 15 is 0 Å². The van der Waals surface area contributed by atoms with Crippen molar-refractivity contribution in [2.45, 2.75) is 40.2 Å². The van der Waals surface area contributed by atoms with Crippen LogP contribution in [0.3, 0.4) is 0 Å². The molecule has 0 aromatic heterocycles. The Morgan fingerprint density at radius 2 is 1.48 bits per heavy atom. The van der Waals surface area contributed by atoms with Crippen LogP contribution in [0.15, 0.2) is 30.3 Å². The van der Waals surface area contributed by atoms with Gasteiger partial charge in [-0.1, -0.05) is 18.2 Å². The number of rotatable bonds is 0. The number of fused-ring (bicyclic) bond motifs is 1. The van der Waals surface area contributed by atoms with E-state index in [-0.39, 0.29) is 11.5 Å². The second-order valence-electron chi connectivity index (χ2n) is 6.20. The van der Waals surface area contributed by atoms with E-state index in [2.05, 4.69) is 0 Å². The lowest BCUT2D eigenvalue weighted by Crippen LogP contribution is -2.32. The molecular weight excluding hydrogens is 292 g/mol. The minimum absolute atomic E-state index is 0.0570. The summed E-state index contributed by atoms with van der Waals surface area (Å²) in [6.07, 6.45) is 0. The molecule has 0 spiro atoms. The number of carbonyl (C=O) groups excluding carboxylic acids is 1. The minimum atomic E-state index is -0.821. The van der Waals surface area contributed by atoms with Crippen molar-refractivity contribution in [3.8, 4) is 17.2 Å². The van der Waals surface area contributed by atoms with Gasteiger partial charge in [0.05, 0.1) is 5.56 Å². The van der Waals surface area contributed by atoms with Crippen LogP contribution in [-0.4, -0.2) is 21.6 Å². The van der Waals surface area contributed by atoms with E-state index in [4.69, 9.17) is 9.84 Å². The molecule has 0 bridgehead atoms. The lowest BCUT2D eigenvalue weighted by Gasteiger charge is -2.16. The van der Waals surface area contributed by atoms with E-state index in [1.165, 1.54) is 0 Å². The molecule has 122 valence electrons. The van der Waals surface area contributed by atoms with Crippen molar-refractivity contribution in [2.24, 2.45) is 0 Å². The first-order chi connectivity index (χ1) is 10.7. The first-order valence-electron chi connectivity index (χ1n) is 7.47. The third-order valence-electron chi connectivity index (χ3n) is 4.10. The molecule has 2 aromatic carbocycles. The monoisotopic (exact) mass is 314 g/mol. The van der Waals surface area contributed by atoms with E-state index < -0.39 is 5.60 Å². The second kappa shape index (κ2) is 5.95. The Labute approximate surface area is 136 Å². The summed E-state index contributed by atoms with van der Waals surface area (Å²) in [5, 5.41) is 18.6. The zero-order chi connectivity index (χ0) is 17.4. The van der Waals surface area contributed by atoms with Crippen LogP contribution in [-0.2, 0) is 0 Å². The number of phenols is 2. The Morgan fingerprint density at radius 3 is 1.96 bits per heavy atom. The van der Waals surface area contributed by atoms with Crippen LogP contribution < -0.4 is 4.74 Å². The molecule has 1 heterocycles. The van der Waals surface area contributed by atoms with Crippen LogP contribution in [0.4, 0.5) is 0 Å². The van der Waals surface area contributed by atoms with E-state index in [1.807, 2.05) is 19.9 Å². The Morgan fingerprint density at radius 1 is 0.913 bits per heavy atom. The SMILES string of the molecule is Cc1c(C)c2c(c(C)c1O)C(=O)C(C)(C)O2.Oc1ccccc1. The molecule has 23 heavy (non-hydrogen) atoms. The summed E-state index contributed by atoms with van der Waals surface area (Å²) < 4.78 is 5.69. The van der Waals surface area contributed by atoms with Crippen molar-refractivity contribution in [3.63, 3.8) is 0 Å². The molecule has 2 N–H and O–H groups in total. The number of aromatic hydroxyl groups is 2. The summed E-state index contributed by atoms with van der Waals surface area (Å²) in [5.74, 6) is 1.09. The number of ketones is 1. The zero-order valence-corrected chi connectivity index (χ0v) is 14.1. The summed E-state index contributed by atoms with van der Waals surface area (Å²) in [6, 6.07) is 8.71. The number of phenolic OH excluding ortho intramolecular Hbond substituents is 2. The van der Waals surface area contributed by atoms with Crippen LogP contribution in [0, 0.1) is 20.8 Å². The van der Waals surface area contributed by atoms with Gasteiger partial charge in [0, 0.05) is 5.56 Å². The molecule has 0 radical (unpaired) electrons. The van der Waals surface area contributed by atoms with E-state index in [9.17, 15) is 9.90 Å². The van der Waals surface area contributed by atoms with Crippen LogP contribution in [0.5, 0.6) is 17.2 Å². The largest absolute Gasteiger partial charge is 0.508 e. The Kier molecular flexibility index (Phi) is 4.37. The molecule has 4 nitrogen and oxygen atoms in total. The molecule has 0 unspecified atom stereocenters. The number of para-hydroxylation sites is 1. The van der Waals surface area contributed by atoms with Gasteiger partial charge in [-0.05, 0) is 57.9 Å². The lowest BCUT2D eigenvalue weighted by molar-refractivity contribution is 0.0683. The molecule has 0 fully saturated rings. The number of ether oxygens (including phenoxy) is 1. The van der Waals surface area contributed by atoms with Crippen LogP contribution in [0.25, 0.3) is 0 Å². The molecule has 0 saturated carbocycles. The number of Topliss-reactive ketones (excluding diaryl/α,β-unsaturated/α-hetero) is 1. The van der Waals surface area contributed by atoms with Gasteiger partial charge in [0.1, 0.15) is 17.2 Å². The first-order valence-corrected chi connectivity index (χ1v) is 7.47. The smallest absolute Gasteiger partial charge is 0.209 e. The summed E-state index contributed by atoms with van der Waals surface area (Å²) >= 11 is 0. The third kappa shape index (κ3) is 3.02. The maximum absolute atomic E-state index is 12.1. The fraction of sp³-hybridized carbons (Fsp3) is 0.316. The molecule has 1 aliphatic rings. The first kappa shape index (κ1) is 16.9. The second-order valence-corrected chi connectivity index (χ2v) is 6.20. The minimum Gasteiger partial charge on any atom is -0.508 e. The van der Waals surface area contributed by atoms with Gasteiger partial charge in [-0.2, -0.15) is 0 Å². The van der Waals surface area contributed by atoms with Gasteiger partial charge in [-0.15, -0.1) is 0 Å². The number of benzene rings is 2. The molecule has 0 amide bonds. The van der Waals surface area contributed by atoms with Gasteiger partial charge in [0.25, 0.3) is 0 Å². The fourth-order valence-electron chi connectivity index (χ4n) is 2.54. The van der Waals surface area contributed by atoms with Gasteiger partial charge in [-0.3, -0.25) is 4.79 Å². The van der Waals surface area contributed by atoms with E-state index in [0.29, 0.717) is 22.6 Å². The normalized spacial score (nSPS) is 14.6. The van der Waals surface area contributed by atoms with Gasteiger partial charge in [0.2, 0.25) is 5.78 Å². The molecular formula is C19H22O4. The highest BCUT2D eigenvalue weighted by Crippen LogP contribution is 2.44. The standard InChI is InChI=1S/C13H16O3.C6H6O/c1-6-7(2)11-9(8(3)10(6)14)12(15)13(4,5)16-11;7-6-4-2-1-3-5-6/h14H,1-5H3;1-5,7H. The van der Waals surface area contributed by atoms with Crippen molar-refractivity contribution >= 4 is 5.78 Å². The van der Waals surface area contributed by atoms with Crippen LogP contribution >= 0.6 is 0 Å². The van der Waals surface area contributed by atoms with Crippen LogP contribution in [0.2, 0.25) is 0 Å². The highest BCUT2D eigenvalue weighted by atomic mass is 16.5. The summed E-state index contributed by atoms with van der Waals surface area (Å²) in [7, 11) is 0. The van der Waals surface area contributed by atoms with Gasteiger partial charge < -0.3 is 14.9 Å². The third-order valence-corrected chi connectivity index (χ3v) is 4.10. The summed E-state index contributed by atoms with van der Waals surface area (Å²) in [4.78, 5) is 12.1. The van der Waals surface area contributed by atoms with E-state index in [0.717, 1.165) is 11.1 Å². The van der Waals surface area contributed by atoms with E-state index in [1.54, 1.807) is 45.0 Å². The Balaban J connectivity index is 0.000000229. The molecule has 0 atom stereocenters. The lowest BCUT2D eigenvalue weighted by atomic mass is 9.92. The zero-order valence-electron chi connectivity index (χ0n) is 14.1. The van der Waals surface area contributed by atoms with Crippen molar-refractivity contribution in [1.82, 2.24) is 0 Å². The van der Waals surface area contributed by atoms with Gasteiger partial charge in [0.15, 0.2) is 5.60 Å². The van der Waals surface area contributed by atoms with Crippen LogP contribution in [0.1, 0.15) is 40.9 Å². The number of hydrogen-bond acceptors (Lipinski definition) is 4.